The Morgan fingerprint density at radius 2 is 1.76 bits per heavy atom. The molecule has 1 nitrogen and oxygen atoms in total. The van der Waals surface area contributed by atoms with E-state index in [0.717, 1.165) is 23.7 Å². The van der Waals surface area contributed by atoms with Crippen molar-refractivity contribution in [3.8, 4) is 0 Å². The predicted octanol–water partition coefficient (Wildman–Crippen LogP) is 5.81. The highest BCUT2D eigenvalue weighted by molar-refractivity contribution is 9.10. The van der Waals surface area contributed by atoms with Gasteiger partial charge in [-0.25, -0.2) is 0 Å². The van der Waals surface area contributed by atoms with E-state index in [1.165, 1.54) is 0 Å². The van der Waals surface area contributed by atoms with Crippen LogP contribution < -0.4 is 0 Å². The van der Waals surface area contributed by atoms with E-state index in [2.05, 4.69) is 33.1 Å². The number of thiocarbonyl (C=S) groups is 1. The number of hydrogen-bond donors (Lipinski definition) is 0. The predicted molar refractivity (Wildman–Crippen MR) is 67.3 cm³/mol. The lowest BCUT2D eigenvalue weighted by Gasteiger charge is -2.41. The summed E-state index contributed by atoms with van der Waals surface area (Å²) in [5.41, 5.74) is -0.252. The van der Waals surface area contributed by atoms with Crippen LogP contribution in [-0.2, 0) is 0 Å². The van der Waals surface area contributed by atoms with Gasteiger partial charge >= 0.3 is 10.2 Å². The van der Waals surface area contributed by atoms with E-state index in [0.29, 0.717) is 0 Å². The molecular formula is C8H5BrF5NS2. The second-order valence-electron chi connectivity index (χ2n) is 3.00. The third-order valence-electron chi connectivity index (χ3n) is 1.61. The summed E-state index contributed by atoms with van der Waals surface area (Å²) in [6.07, 6.45) is 1.04. The average Bonchev–Trinajstić information content (AvgIpc) is 2.12. The molecule has 0 aliphatic heterocycles. The van der Waals surface area contributed by atoms with Crippen LogP contribution in [0.2, 0.25) is 0 Å². The molecule has 0 aliphatic carbocycles. The van der Waals surface area contributed by atoms with Gasteiger partial charge in [-0.05, 0) is 34.1 Å². The first-order chi connectivity index (χ1) is 7.44. The molecule has 0 bridgehead atoms. The molecule has 0 N–H and O–H groups in total. The van der Waals surface area contributed by atoms with Crippen LogP contribution in [0.1, 0.15) is 0 Å². The van der Waals surface area contributed by atoms with E-state index >= 15 is 0 Å². The molecule has 0 aliphatic rings. The molecule has 0 spiro atoms. The molecule has 0 unspecified atom stereocenters. The zero-order chi connectivity index (χ0) is 13.4. The fraction of sp³-hybridized carbons (Fsp3) is 0. The van der Waals surface area contributed by atoms with Gasteiger partial charge in [-0.3, -0.25) is 4.99 Å². The van der Waals surface area contributed by atoms with Crippen molar-refractivity contribution in [3.63, 3.8) is 0 Å². The molecule has 9 heteroatoms. The third kappa shape index (κ3) is 4.00. The van der Waals surface area contributed by atoms with Gasteiger partial charge in [0.15, 0.2) is 0 Å². The summed E-state index contributed by atoms with van der Waals surface area (Å²) < 4.78 is 62.3. The highest BCUT2D eigenvalue weighted by atomic mass is 79.9. The zero-order valence-electron chi connectivity index (χ0n) is 7.92. The number of hydrogen-bond acceptors (Lipinski definition) is 2. The molecule has 0 heterocycles. The summed E-state index contributed by atoms with van der Waals surface area (Å²) in [4.78, 5) is 1.49. The van der Waals surface area contributed by atoms with Crippen LogP contribution in [0.5, 0.6) is 0 Å². The Bertz CT molecular complexity index is 496. The van der Waals surface area contributed by atoms with Crippen LogP contribution in [-0.4, -0.2) is 11.6 Å². The maximum Gasteiger partial charge on any atom is 0.311 e. The normalized spacial score (nSPS) is 16.6. The van der Waals surface area contributed by atoms with Crippen molar-refractivity contribution in [1.29, 1.82) is 0 Å². The smallest absolute Gasteiger partial charge is 0.256 e. The molecule has 0 saturated heterocycles. The molecule has 0 fully saturated rings. The molecule has 0 amide bonds. The van der Waals surface area contributed by atoms with E-state index in [9.17, 15) is 19.4 Å². The van der Waals surface area contributed by atoms with Crippen LogP contribution in [0.3, 0.4) is 0 Å². The second kappa shape index (κ2) is 3.72. The van der Waals surface area contributed by atoms with E-state index in [-0.39, 0.29) is 11.8 Å². The largest absolute Gasteiger partial charge is 0.311 e. The van der Waals surface area contributed by atoms with Crippen LogP contribution >= 0.6 is 38.4 Å². The topological polar surface area (TPSA) is 12.4 Å². The Morgan fingerprint density at radius 1 is 1.18 bits per heavy atom. The fourth-order valence-corrected chi connectivity index (χ4v) is 2.99. The number of nitrogens with zero attached hydrogens (tertiary/aromatic N) is 1. The highest BCUT2D eigenvalue weighted by Crippen LogP contribution is 3.02. The van der Waals surface area contributed by atoms with Crippen molar-refractivity contribution in [2.24, 2.45) is 4.99 Å². The van der Waals surface area contributed by atoms with Crippen molar-refractivity contribution < 1.29 is 19.4 Å². The van der Waals surface area contributed by atoms with Gasteiger partial charge in [0.2, 0.25) is 0 Å². The monoisotopic (exact) mass is 353 g/mol. The van der Waals surface area contributed by atoms with Crippen LogP contribution in [0.15, 0.2) is 32.6 Å². The average molecular weight is 354 g/mol. The SMILES string of the molecule is FS(F)(F)(F)(F)c1cc(N=CC=S)ccc1Br. The van der Waals surface area contributed by atoms with Crippen molar-refractivity contribution in [2.45, 2.75) is 4.90 Å². The minimum Gasteiger partial charge on any atom is -0.256 e. The van der Waals surface area contributed by atoms with E-state index in [4.69, 9.17) is 0 Å². The van der Waals surface area contributed by atoms with Crippen molar-refractivity contribution in [2.75, 3.05) is 0 Å². The summed E-state index contributed by atoms with van der Waals surface area (Å²) in [6, 6.07) is 2.30. The van der Waals surface area contributed by atoms with Gasteiger partial charge in [0.25, 0.3) is 0 Å². The maximum absolute atomic E-state index is 12.6. The Morgan fingerprint density at radius 3 is 2.24 bits per heavy atom. The Hall–Kier alpha value is -0.540. The van der Waals surface area contributed by atoms with E-state index in [1.807, 2.05) is 0 Å². The Kier molecular flexibility index (Phi) is 3.18. The summed E-state index contributed by atoms with van der Waals surface area (Å²) in [7, 11) is -9.71. The molecule has 96 valence electrons. The molecular weight excluding hydrogens is 349 g/mol. The van der Waals surface area contributed by atoms with Crippen LogP contribution in [0.4, 0.5) is 25.1 Å². The van der Waals surface area contributed by atoms with Crippen molar-refractivity contribution in [1.82, 2.24) is 0 Å². The Balaban J connectivity index is 3.46. The van der Waals surface area contributed by atoms with Gasteiger partial charge in [0.05, 0.1) is 5.69 Å². The molecule has 0 radical (unpaired) electrons. The van der Waals surface area contributed by atoms with E-state index < -0.39 is 19.6 Å². The van der Waals surface area contributed by atoms with Crippen LogP contribution in [0, 0.1) is 0 Å². The van der Waals surface area contributed by atoms with Crippen LogP contribution in [0.25, 0.3) is 0 Å². The second-order valence-corrected chi connectivity index (χ2v) is 6.50. The lowest BCUT2D eigenvalue weighted by Crippen LogP contribution is -2.06. The van der Waals surface area contributed by atoms with Gasteiger partial charge in [-0.1, -0.05) is 31.6 Å². The van der Waals surface area contributed by atoms with Gasteiger partial charge < -0.3 is 0 Å². The van der Waals surface area contributed by atoms with Gasteiger partial charge in [-0.15, -0.1) is 0 Å². The zero-order valence-corrected chi connectivity index (χ0v) is 11.1. The minimum absolute atomic E-state index is 0.252. The molecule has 1 rings (SSSR count). The van der Waals surface area contributed by atoms with Crippen molar-refractivity contribution in [3.05, 3.63) is 22.7 Å². The van der Waals surface area contributed by atoms with Gasteiger partial charge in [0, 0.05) is 16.1 Å². The summed E-state index contributed by atoms with van der Waals surface area (Å²) in [5.74, 6) is 0. The highest BCUT2D eigenvalue weighted by Gasteiger charge is 2.66. The van der Waals surface area contributed by atoms with E-state index in [1.54, 1.807) is 0 Å². The number of rotatable bonds is 3. The molecule has 0 atom stereocenters. The van der Waals surface area contributed by atoms with Gasteiger partial charge in [-0.2, -0.15) is 0 Å². The lowest BCUT2D eigenvalue weighted by atomic mass is 10.3. The molecule has 1 aromatic carbocycles. The first-order valence-corrected chi connectivity index (χ1v) is 7.17. The maximum atomic E-state index is 12.6. The number of halogens is 6. The number of aliphatic imine (C=N–C) groups is 1. The third-order valence-corrected chi connectivity index (χ3v) is 3.86. The fourth-order valence-electron chi connectivity index (χ4n) is 0.984. The first-order valence-electron chi connectivity index (χ1n) is 3.95. The minimum atomic E-state index is -9.71. The molecule has 17 heavy (non-hydrogen) atoms. The number of benzene rings is 1. The standard InChI is InChI=1S/C8H5BrF5NS2/c9-7-2-1-6(15-3-4-16)5-8(7)17(10,11,12,13)14/h1-5H. The van der Waals surface area contributed by atoms with Gasteiger partial charge in [0.1, 0.15) is 4.90 Å². The summed E-state index contributed by atoms with van der Waals surface area (Å²) in [5, 5.41) is 1.06. The summed E-state index contributed by atoms with van der Waals surface area (Å²) in [6.45, 7) is 0. The lowest BCUT2D eigenvalue weighted by molar-refractivity contribution is 0.363. The quantitative estimate of drug-likeness (QED) is 0.379. The molecule has 0 saturated carbocycles. The summed E-state index contributed by atoms with van der Waals surface area (Å²) >= 11 is 6.83. The Labute approximate surface area is 108 Å². The van der Waals surface area contributed by atoms with Crippen molar-refractivity contribution >= 4 is 55.6 Å². The molecule has 0 aromatic heterocycles. The first kappa shape index (κ1) is 14.5. The molecule has 1 aromatic rings.